The first kappa shape index (κ1) is 12.8. The Balaban J connectivity index is 2.31. The average Bonchev–Trinajstić information content (AvgIpc) is 2.36. The second-order valence-electron chi connectivity index (χ2n) is 3.82. The summed E-state index contributed by atoms with van der Waals surface area (Å²) in [6.45, 7) is 2.05. The van der Waals surface area contributed by atoms with Crippen LogP contribution in [0.15, 0.2) is 30.3 Å². The summed E-state index contributed by atoms with van der Waals surface area (Å²) < 4.78 is 18.9. The number of ether oxygens (including phenoxy) is 1. The fraction of sp³-hybridized carbons (Fsp3) is 0.154. The molecule has 1 heterocycles. The molecule has 3 nitrogen and oxygen atoms in total. The quantitative estimate of drug-likeness (QED) is 0.926. The van der Waals surface area contributed by atoms with Crippen molar-refractivity contribution in [2.75, 3.05) is 0 Å². The molecule has 0 fully saturated rings. The van der Waals surface area contributed by atoms with Crippen molar-refractivity contribution in [3.05, 3.63) is 52.4 Å². The molecule has 18 heavy (non-hydrogen) atoms. The van der Waals surface area contributed by atoms with Gasteiger partial charge in [0.25, 0.3) is 0 Å². The number of nitrogens with zero attached hydrogens (tertiary/aromatic N) is 1. The Morgan fingerprint density at radius 3 is 2.83 bits per heavy atom. The number of halogens is 2. The Morgan fingerprint density at radius 1 is 1.33 bits per heavy atom. The number of hydrogen-bond donors (Lipinski definition) is 1. The molecule has 0 spiro atoms. The van der Waals surface area contributed by atoms with Crippen LogP contribution in [-0.4, -0.2) is 4.98 Å². The third-order valence-electron chi connectivity index (χ3n) is 2.39. The molecule has 0 aliphatic rings. The molecule has 94 valence electrons. The van der Waals surface area contributed by atoms with Gasteiger partial charge in [-0.1, -0.05) is 17.7 Å². The van der Waals surface area contributed by atoms with E-state index in [1.807, 2.05) is 6.92 Å². The molecular weight excluding hydrogens is 255 g/mol. The number of benzene rings is 1. The second-order valence-corrected chi connectivity index (χ2v) is 4.23. The summed E-state index contributed by atoms with van der Waals surface area (Å²) in [6, 6.07) is 7.82. The van der Waals surface area contributed by atoms with Gasteiger partial charge in [-0.25, -0.2) is 9.37 Å². The van der Waals surface area contributed by atoms with Crippen LogP contribution in [0.5, 0.6) is 11.6 Å². The number of nitrogens with two attached hydrogens (primary N) is 1. The summed E-state index contributed by atoms with van der Waals surface area (Å²) in [5.74, 6) is -0.0382. The lowest BCUT2D eigenvalue weighted by molar-refractivity contribution is 0.425. The number of rotatable bonds is 3. The highest BCUT2D eigenvalue weighted by Crippen LogP contribution is 2.26. The first-order valence-corrected chi connectivity index (χ1v) is 5.77. The van der Waals surface area contributed by atoms with E-state index >= 15 is 0 Å². The van der Waals surface area contributed by atoms with Crippen LogP contribution in [0.2, 0.25) is 5.02 Å². The van der Waals surface area contributed by atoms with Crippen molar-refractivity contribution < 1.29 is 9.13 Å². The van der Waals surface area contributed by atoms with Gasteiger partial charge in [0.1, 0.15) is 0 Å². The monoisotopic (exact) mass is 266 g/mol. The summed E-state index contributed by atoms with van der Waals surface area (Å²) in [4.78, 5) is 4.11. The van der Waals surface area contributed by atoms with E-state index in [2.05, 4.69) is 4.98 Å². The third kappa shape index (κ3) is 2.78. The van der Waals surface area contributed by atoms with Gasteiger partial charge < -0.3 is 10.5 Å². The van der Waals surface area contributed by atoms with Crippen LogP contribution >= 0.6 is 11.6 Å². The standard InChI is InChI=1S/C13H12ClFN2O/c1-8-2-4-10(15)12(6-8)18-13-5-3-9(14)11(7-16)17-13/h2-6H,7,16H2,1H3. The number of aryl methyl sites for hydroxylation is 1. The summed E-state index contributed by atoms with van der Waals surface area (Å²) in [5.41, 5.74) is 6.91. The van der Waals surface area contributed by atoms with Gasteiger partial charge in [0, 0.05) is 12.6 Å². The second kappa shape index (κ2) is 5.33. The zero-order valence-electron chi connectivity index (χ0n) is 9.78. The molecule has 0 unspecified atom stereocenters. The average molecular weight is 267 g/mol. The molecule has 2 N–H and O–H groups in total. The molecule has 0 bridgehead atoms. The molecular formula is C13H12ClFN2O. The highest BCUT2D eigenvalue weighted by atomic mass is 35.5. The van der Waals surface area contributed by atoms with E-state index in [-0.39, 0.29) is 18.2 Å². The minimum absolute atomic E-state index is 0.132. The van der Waals surface area contributed by atoms with Crippen LogP contribution in [0.1, 0.15) is 11.3 Å². The number of hydrogen-bond acceptors (Lipinski definition) is 3. The Bertz CT molecular complexity index is 575. The summed E-state index contributed by atoms with van der Waals surface area (Å²) in [6.07, 6.45) is 0. The minimum Gasteiger partial charge on any atom is -0.436 e. The van der Waals surface area contributed by atoms with E-state index in [9.17, 15) is 4.39 Å². The molecule has 0 aliphatic carbocycles. The SMILES string of the molecule is Cc1ccc(F)c(Oc2ccc(Cl)c(CN)n2)c1. The van der Waals surface area contributed by atoms with E-state index in [4.69, 9.17) is 22.1 Å². The van der Waals surface area contributed by atoms with E-state index in [1.165, 1.54) is 6.07 Å². The molecule has 2 aromatic rings. The maximum atomic E-state index is 13.5. The third-order valence-corrected chi connectivity index (χ3v) is 2.73. The van der Waals surface area contributed by atoms with E-state index in [0.717, 1.165) is 5.56 Å². The predicted octanol–water partition coefficient (Wildman–Crippen LogP) is 3.43. The van der Waals surface area contributed by atoms with Gasteiger partial charge in [-0.15, -0.1) is 0 Å². The maximum Gasteiger partial charge on any atom is 0.219 e. The summed E-state index contributed by atoms with van der Waals surface area (Å²) in [7, 11) is 0. The van der Waals surface area contributed by atoms with E-state index < -0.39 is 5.82 Å². The molecule has 1 aromatic heterocycles. The van der Waals surface area contributed by atoms with Gasteiger partial charge in [-0.3, -0.25) is 0 Å². The minimum atomic E-state index is -0.438. The lowest BCUT2D eigenvalue weighted by Crippen LogP contribution is -2.02. The zero-order valence-corrected chi connectivity index (χ0v) is 10.5. The van der Waals surface area contributed by atoms with Crippen LogP contribution in [0.3, 0.4) is 0 Å². The zero-order chi connectivity index (χ0) is 13.1. The molecule has 0 atom stereocenters. The highest BCUT2D eigenvalue weighted by Gasteiger charge is 2.08. The maximum absolute atomic E-state index is 13.5. The first-order chi connectivity index (χ1) is 8.60. The van der Waals surface area contributed by atoms with Crippen molar-refractivity contribution in [1.29, 1.82) is 0 Å². The van der Waals surface area contributed by atoms with E-state index in [0.29, 0.717) is 10.7 Å². The van der Waals surface area contributed by atoms with Crippen LogP contribution in [0.4, 0.5) is 4.39 Å². The van der Waals surface area contributed by atoms with Crippen molar-refractivity contribution in [2.45, 2.75) is 13.5 Å². The van der Waals surface area contributed by atoms with Crippen molar-refractivity contribution in [3.63, 3.8) is 0 Å². The fourth-order valence-electron chi connectivity index (χ4n) is 1.47. The molecule has 0 saturated heterocycles. The van der Waals surface area contributed by atoms with Crippen LogP contribution < -0.4 is 10.5 Å². The van der Waals surface area contributed by atoms with Gasteiger partial charge in [0.15, 0.2) is 11.6 Å². The number of aromatic nitrogens is 1. The molecule has 1 aromatic carbocycles. The van der Waals surface area contributed by atoms with Gasteiger partial charge >= 0.3 is 0 Å². The number of pyridine rings is 1. The molecule has 0 saturated carbocycles. The Morgan fingerprint density at radius 2 is 2.11 bits per heavy atom. The van der Waals surface area contributed by atoms with Crippen molar-refractivity contribution in [1.82, 2.24) is 4.98 Å². The lowest BCUT2D eigenvalue weighted by Gasteiger charge is -2.08. The lowest BCUT2D eigenvalue weighted by atomic mass is 10.2. The molecule has 0 amide bonds. The normalized spacial score (nSPS) is 10.4. The molecule has 2 rings (SSSR count). The van der Waals surface area contributed by atoms with Crippen molar-refractivity contribution in [3.8, 4) is 11.6 Å². The van der Waals surface area contributed by atoms with Crippen LogP contribution in [0.25, 0.3) is 0 Å². The summed E-state index contributed by atoms with van der Waals surface area (Å²) in [5, 5.41) is 0.467. The first-order valence-electron chi connectivity index (χ1n) is 5.39. The predicted molar refractivity (Wildman–Crippen MR) is 68.3 cm³/mol. The molecule has 0 radical (unpaired) electrons. The van der Waals surface area contributed by atoms with Gasteiger partial charge in [-0.2, -0.15) is 0 Å². The van der Waals surface area contributed by atoms with Gasteiger partial charge in [-0.05, 0) is 30.7 Å². The molecule has 0 aliphatic heterocycles. The Hall–Kier alpha value is -1.65. The smallest absolute Gasteiger partial charge is 0.219 e. The topological polar surface area (TPSA) is 48.1 Å². The highest BCUT2D eigenvalue weighted by molar-refractivity contribution is 6.31. The fourth-order valence-corrected chi connectivity index (χ4v) is 1.65. The largest absolute Gasteiger partial charge is 0.436 e. The molecule has 5 heteroatoms. The Labute approximate surface area is 109 Å². The summed E-state index contributed by atoms with van der Waals surface area (Å²) >= 11 is 5.88. The van der Waals surface area contributed by atoms with Crippen molar-refractivity contribution >= 4 is 11.6 Å². The van der Waals surface area contributed by atoms with Gasteiger partial charge in [0.2, 0.25) is 5.88 Å². The van der Waals surface area contributed by atoms with E-state index in [1.54, 1.807) is 24.3 Å². The van der Waals surface area contributed by atoms with Crippen LogP contribution in [0, 0.1) is 12.7 Å². The van der Waals surface area contributed by atoms with Crippen molar-refractivity contribution in [2.24, 2.45) is 5.73 Å². The van der Waals surface area contributed by atoms with Crippen LogP contribution in [-0.2, 0) is 6.54 Å². The Kier molecular flexibility index (Phi) is 3.79. The van der Waals surface area contributed by atoms with Gasteiger partial charge in [0.05, 0.1) is 10.7 Å².